The van der Waals surface area contributed by atoms with Crippen molar-refractivity contribution in [1.29, 1.82) is 0 Å². The van der Waals surface area contributed by atoms with E-state index >= 15 is 0 Å². The minimum Gasteiger partial charge on any atom is -0.428 e. The fourth-order valence-electron chi connectivity index (χ4n) is 2.28. The summed E-state index contributed by atoms with van der Waals surface area (Å²) < 4.78 is 67.4. The van der Waals surface area contributed by atoms with Crippen LogP contribution in [0.5, 0.6) is 0 Å². The van der Waals surface area contributed by atoms with Crippen LogP contribution in [0.15, 0.2) is 6.07 Å². The fraction of sp³-hybridized carbons (Fsp3) is 0.538. The summed E-state index contributed by atoms with van der Waals surface area (Å²) in [6.07, 6.45) is 0. The standard InChI is InChI=1S/C13H17F5OSi/c1-6(2)20(19,7(3)4)13(18)8-5-9(14)11(16)12(17)10(8)15/h5-7,13,19H,1-4H3. The quantitative estimate of drug-likeness (QED) is 0.374. The average Bonchev–Trinajstić information content (AvgIpc) is 2.38. The van der Waals surface area contributed by atoms with Crippen LogP contribution in [0, 0.1) is 23.3 Å². The van der Waals surface area contributed by atoms with Crippen molar-refractivity contribution in [3.8, 4) is 0 Å². The molecule has 0 fully saturated rings. The SMILES string of the molecule is CC(C)[Si](O)(C(C)C)C(F)c1cc(F)c(F)c(F)c1F. The molecular weight excluding hydrogens is 295 g/mol. The van der Waals surface area contributed by atoms with Gasteiger partial charge < -0.3 is 4.80 Å². The van der Waals surface area contributed by atoms with Crippen LogP contribution in [0.25, 0.3) is 0 Å². The second-order valence-electron chi connectivity index (χ2n) is 5.45. The van der Waals surface area contributed by atoms with Crippen LogP contribution >= 0.6 is 0 Å². The van der Waals surface area contributed by atoms with Gasteiger partial charge in [0.15, 0.2) is 23.3 Å². The normalized spacial score (nSPS) is 14.2. The lowest BCUT2D eigenvalue weighted by Crippen LogP contribution is -2.47. The summed E-state index contributed by atoms with van der Waals surface area (Å²) in [6.45, 7) is 6.25. The molecule has 0 aliphatic rings. The monoisotopic (exact) mass is 312 g/mol. The molecule has 114 valence electrons. The molecule has 0 aliphatic heterocycles. The molecule has 0 amide bonds. The summed E-state index contributed by atoms with van der Waals surface area (Å²) in [4.78, 5) is 10.5. The predicted octanol–water partition coefficient (Wildman–Crippen LogP) is 4.55. The second-order valence-corrected chi connectivity index (χ2v) is 10.0. The minimum atomic E-state index is -3.71. The lowest BCUT2D eigenvalue weighted by atomic mass is 10.2. The van der Waals surface area contributed by atoms with E-state index in [9.17, 15) is 26.7 Å². The van der Waals surface area contributed by atoms with Gasteiger partial charge in [-0.1, -0.05) is 27.7 Å². The highest BCUT2D eigenvalue weighted by Gasteiger charge is 2.49. The van der Waals surface area contributed by atoms with Gasteiger partial charge in [-0.25, -0.2) is 22.0 Å². The first-order valence-electron chi connectivity index (χ1n) is 6.24. The Labute approximate surface area is 115 Å². The number of hydrogen-bond donors (Lipinski definition) is 1. The Hall–Kier alpha value is -0.953. The zero-order valence-corrected chi connectivity index (χ0v) is 12.6. The van der Waals surface area contributed by atoms with Gasteiger partial charge in [0.1, 0.15) is 5.79 Å². The molecule has 20 heavy (non-hydrogen) atoms. The lowest BCUT2D eigenvalue weighted by molar-refractivity contribution is 0.331. The van der Waals surface area contributed by atoms with Gasteiger partial charge in [0, 0.05) is 5.56 Å². The van der Waals surface area contributed by atoms with Gasteiger partial charge in [0.2, 0.25) is 8.32 Å². The van der Waals surface area contributed by atoms with E-state index in [4.69, 9.17) is 0 Å². The Balaban J connectivity index is 3.45. The van der Waals surface area contributed by atoms with Crippen LogP contribution in [-0.4, -0.2) is 13.1 Å². The van der Waals surface area contributed by atoms with Crippen molar-refractivity contribution in [2.24, 2.45) is 0 Å². The summed E-state index contributed by atoms with van der Waals surface area (Å²) in [5, 5.41) is 0. The van der Waals surface area contributed by atoms with Gasteiger partial charge in [0.25, 0.3) is 0 Å². The first kappa shape index (κ1) is 17.1. The number of rotatable bonds is 4. The molecule has 1 nitrogen and oxygen atoms in total. The van der Waals surface area contributed by atoms with Crippen molar-refractivity contribution < 1.29 is 26.7 Å². The van der Waals surface area contributed by atoms with Crippen molar-refractivity contribution in [1.82, 2.24) is 0 Å². The molecule has 0 aromatic heterocycles. The summed E-state index contributed by atoms with van der Waals surface area (Å²) in [5.74, 6) is -9.76. The molecule has 1 unspecified atom stereocenters. The van der Waals surface area contributed by atoms with Crippen LogP contribution in [0.1, 0.15) is 39.1 Å². The second kappa shape index (κ2) is 5.81. The molecule has 1 atom stereocenters. The number of hydrogen-bond acceptors (Lipinski definition) is 1. The first-order chi connectivity index (χ1) is 9.05. The van der Waals surface area contributed by atoms with E-state index in [0.29, 0.717) is 0 Å². The molecule has 0 saturated carbocycles. The third kappa shape index (κ3) is 2.61. The summed E-state index contributed by atoms with van der Waals surface area (Å²) in [7, 11) is -3.71. The Bertz CT molecular complexity index is 496. The van der Waals surface area contributed by atoms with Crippen molar-refractivity contribution in [2.45, 2.75) is 44.6 Å². The summed E-state index contributed by atoms with van der Waals surface area (Å²) >= 11 is 0. The molecule has 0 saturated heterocycles. The maximum absolute atomic E-state index is 14.6. The maximum atomic E-state index is 14.6. The molecule has 1 aromatic carbocycles. The highest BCUT2D eigenvalue weighted by Crippen LogP contribution is 2.43. The highest BCUT2D eigenvalue weighted by atomic mass is 28.4. The Morgan fingerprint density at radius 2 is 1.35 bits per heavy atom. The largest absolute Gasteiger partial charge is 0.428 e. The highest BCUT2D eigenvalue weighted by molar-refractivity contribution is 6.76. The molecule has 0 aliphatic carbocycles. The van der Waals surface area contributed by atoms with Crippen LogP contribution in [-0.2, 0) is 0 Å². The van der Waals surface area contributed by atoms with Crippen molar-refractivity contribution in [3.63, 3.8) is 0 Å². The number of halogens is 5. The molecule has 0 heterocycles. The van der Waals surface area contributed by atoms with Crippen molar-refractivity contribution in [3.05, 3.63) is 34.9 Å². The van der Waals surface area contributed by atoms with E-state index in [2.05, 4.69) is 0 Å². The zero-order valence-electron chi connectivity index (χ0n) is 11.6. The van der Waals surface area contributed by atoms with Crippen LogP contribution < -0.4 is 0 Å². The minimum absolute atomic E-state index is 0.279. The number of alkyl halides is 1. The molecule has 1 aromatic rings. The van der Waals surface area contributed by atoms with Crippen molar-refractivity contribution in [2.75, 3.05) is 0 Å². The molecule has 1 N–H and O–H groups in total. The van der Waals surface area contributed by atoms with Gasteiger partial charge in [-0.15, -0.1) is 0 Å². The molecule has 0 spiro atoms. The lowest BCUT2D eigenvalue weighted by Gasteiger charge is -2.36. The first-order valence-corrected chi connectivity index (χ1v) is 8.42. The zero-order chi connectivity index (χ0) is 15.8. The van der Waals surface area contributed by atoms with Gasteiger partial charge in [-0.05, 0) is 17.1 Å². The molecular formula is C13H17F5OSi. The molecule has 7 heteroatoms. The van der Waals surface area contributed by atoms with E-state index in [1.807, 2.05) is 0 Å². The predicted molar refractivity (Wildman–Crippen MR) is 68.3 cm³/mol. The average molecular weight is 312 g/mol. The Morgan fingerprint density at radius 1 is 0.900 bits per heavy atom. The van der Waals surface area contributed by atoms with Crippen LogP contribution in [0.2, 0.25) is 11.1 Å². The molecule has 1 rings (SSSR count). The van der Waals surface area contributed by atoms with E-state index in [-0.39, 0.29) is 6.07 Å². The number of benzene rings is 1. The Kier molecular flexibility index (Phi) is 4.97. The smallest absolute Gasteiger partial charge is 0.233 e. The van der Waals surface area contributed by atoms with E-state index < -0.39 is 54.0 Å². The van der Waals surface area contributed by atoms with Crippen LogP contribution in [0.4, 0.5) is 22.0 Å². The van der Waals surface area contributed by atoms with Crippen LogP contribution in [0.3, 0.4) is 0 Å². The maximum Gasteiger partial charge on any atom is 0.233 e. The van der Waals surface area contributed by atoms with Gasteiger partial charge in [-0.2, -0.15) is 0 Å². The topological polar surface area (TPSA) is 20.2 Å². The van der Waals surface area contributed by atoms with Gasteiger partial charge in [0.05, 0.1) is 0 Å². The van der Waals surface area contributed by atoms with Gasteiger partial charge >= 0.3 is 0 Å². The third-order valence-corrected chi connectivity index (χ3v) is 8.48. The molecule has 0 bridgehead atoms. The summed E-state index contributed by atoms with van der Waals surface area (Å²) in [5.41, 5.74) is -1.97. The Morgan fingerprint density at radius 3 is 1.75 bits per heavy atom. The van der Waals surface area contributed by atoms with E-state index in [0.717, 1.165) is 0 Å². The fourth-order valence-corrected chi connectivity index (χ4v) is 5.49. The van der Waals surface area contributed by atoms with Gasteiger partial charge in [-0.3, -0.25) is 0 Å². The van der Waals surface area contributed by atoms with E-state index in [1.165, 1.54) is 0 Å². The molecule has 0 radical (unpaired) electrons. The van der Waals surface area contributed by atoms with Crippen molar-refractivity contribution >= 4 is 8.32 Å². The third-order valence-electron chi connectivity index (χ3n) is 3.66. The van der Waals surface area contributed by atoms with E-state index in [1.54, 1.807) is 27.7 Å². The summed E-state index contributed by atoms with van der Waals surface area (Å²) in [6, 6.07) is 0.279.